The number of amides is 1. The number of hydrogen-bond donors (Lipinski definition) is 2. The molecule has 1 aliphatic heterocycles. The largest absolute Gasteiger partial charge is 0.359 e. The molecule has 0 aliphatic carbocycles. The molecule has 1 aliphatic rings. The number of halogens is 1. The molecule has 1 amide bonds. The van der Waals surface area contributed by atoms with Crippen LogP contribution in [0, 0.1) is 26.6 Å². The Morgan fingerprint density at radius 1 is 1.15 bits per heavy atom. The Kier molecular flexibility index (Phi) is 5.83. The summed E-state index contributed by atoms with van der Waals surface area (Å²) in [6.45, 7) is 9.32. The molecule has 2 N–H and O–H groups in total. The molecule has 0 unspecified atom stereocenters. The number of pyridine rings is 1. The molecule has 0 radical (unpaired) electrons. The van der Waals surface area contributed by atoms with Crippen molar-refractivity contribution in [1.29, 1.82) is 0 Å². The van der Waals surface area contributed by atoms with Gasteiger partial charge in [-0.15, -0.1) is 0 Å². The van der Waals surface area contributed by atoms with Crippen molar-refractivity contribution in [2.45, 2.75) is 27.3 Å². The molecular formula is C25H23FN4O3. The third-order valence-electron chi connectivity index (χ3n) is 5.43. The summed E-state index contributed by atoms with van der Waals surface area (Å²) < 4.78 is 14.6. The van der Waals surface area contributed by atoms with Crippen molar-refractivity contribution in [2.24, 2.45) is 4.99 Å². The van der Waals surface area contributed by atoms with Crippen molar-refractivity contribution in [3.05, 3.63) is 97.5 Å². The van der Waals surface area contributed by atoms with Crippen LogP contribution in [0.1, 0.15) is 22.4 Å². The van der Waals surface area contributed by atoms with Gasteiger partial charge in [-0.1, -0.05) is 24.8 Å². The number of carbonyl (C=O) groups excluding carboxylic acids is 1. The lowest BCUT2D eigenvalue weighted by Crippen LogP contribution is -2.47. The number of benzene rings is 2. The Morgan fingerprint density at radius 2 is 1.82 bits per heavy atom. The van der Waals surface area contributed by atoms with Crippen molar-refractivity contribution >= 4 is 29.9 Å². The van der Waals surface area contributed by atoms with Gasteiger partial charge >= 0.3 is 0 Å². The van der Waals surface area contributed by atoms with Gasteiger partial charge in [0, 0.05) is 16.9 Å². The van der Waals surface area contributed by atoms with Crippen molar-refractivity contribution in [2.75, 3.05) is 5.32 Å². The maximum Gasteiger partial charge on any atom is 0.264 e. The van der Waals surface area contributed by atoms with Crippen LogP contribution in [0.2, 0.25) is 0 Å². The molecule has 168 valence electrons. The average Bonchev–Trinajstić information content (AvgIpc) is 3.24. The van der Waals surface area contributed by atoms with Crippen LogP contribution in [0.4, 0.5) is 10.1 Å². The van der Waals surface area contributed by atoms with E-state index in [4.69, 9.17) is 4.84 Å². The Morgan fingerprint density at radius 3 is 2.48 bits per heavy atom. The second-order valence-electron chi connectivity index (χ2n) is 7.87. The third kappa shape index (κ3) is 4.41. The molecular weight excluding hydrogens is 423 g/mol. The number of para-hydroxylation sites is 1. The number of amidine groups is 1. The second-order valence-corrected chi connectivity index (χ2v) is 7.87. The molecule has 2 heterocycles. The van der Waals surface area contributed by atoms with Crippen molar-refractivity contribution < 1.29 is 14.0 Å². The van der Waals surface area contributed by atoms with Gasteiger partial charge in [0.05, 0.1) is 0 Å². The summed E-state index contributed by atoms with van der Waals surface area (Å²) in [5.74, 6) is -0.327. The molecule has 2 aromatic carbocycles. The highest BCUT2D eigenvalue weighted by atomic mass is 19.1. The number of nitrogens with one attached hydrogen (secondary N) is 2. The van der Waals surface area contributed by atoms with Crippen LogP contribution in [0.3, 0.4) is 0 Å². The quantitative estimate of drug-likeness (QED) is 0.642. The molecule has 7 nitrogen and oxygen atoms in total. The molecule has 4 rings (SSSR count). The number of anilines is 1. The van der Waals surface area contributed by atoms with E-state index in [2.05, 4.69) is 22.4 Å². The Labute approximate surface area is 189 Å². The van der Waals surface area contributed by atoms with Crippen LogP contribution in [-0.2, 0) is 16.2 Å². The maximum absolute atomic E-state index is 13.3. The van der Waals surface area contributed by atoms with Gasteiger partial charge in [-0.05, 0) is 67.4 Å². The summed E-state index contributed by atoms with van der Waals surface area (Å²) in [7, 11) is 0. The van der Waals surface area contributed by atoms with E-state index in [1.165, 1.54) is 16.7 Å². The first-order chi connectivity index (χ1) is 15.7. The summed E-state index contributed by atoms with van der Waals surface area (Å²) >= 11 is 0. The molecule has 0 spiro atoms. The predicted octanol–water partition coefficient (Wildman–Crippen LogP) is 2.01. The van der Waals surface area contributed by atoms with Crippen LogP contribution < -0.4 is 26.8 Å². The fraction of sp³-hybridized carbons (Fsp3) is 0.160. The van der Waals surface area contributed by atoms with E-state index in [1.807, 2.05) is 32.0 Å². The van der Waals surface area contributed by atoms with Crippen molar-refractivity contribution in [3.63, 3.8) is 0 Å². The highest BCUT2D eigenvalue weighted by Crippen LogP contribution is 2.19. The smallest absolute Gasteiger partial charge is 0.264 e. The highest BCUT2D eigenvalue weighted by Gasteiger charge is 2.19. The molecule has 0 fully saturated rings. The number of carbonyl (C=O) groups is 1. The van der Waals surface area contributed by atoms with Gasteiger partial charge in [0.1, 0.15) is 17.6 Å². The first-order valence-corrected chi connectivity index (χ1v) is 10.3. The van der Waals surface area contributed by atoms with Crippen LogP contribution in [0.5, 0.6) is 0 Å². The Balaban J connectivity index is 1.71. The monoisotopic (exact) mass is 446 g/mol. The normalized spacial score (nSPS) is 14.4. The van der Waals surface area contributed by atoms with Crippen molar-refractivity contribution in [3.8, 4) is 0 Å². The summed E-state index contributed by atoms with van der Waals surface area (Å²) in [5.41, 5.74) is 5.98. The number of aromatic nitrogens is 1. The fourth-order valence-corrected chi connectivity index (χ4v) is 3.68. The van der Waals surface area contributed by atoms with E-state index >= 15 is 0 Å². The van der Waals surface area contributed by atoms with E-state index in [1.54, 1.807) is 25.1 Å². The Hall–Kier alpha value is -4.20. The number of aliphatic imine (C=N–C) groups is 1. The lowest BCUT2D eigenvalue weighted by Gasteiger charge is -2.14. The molecule has 0 bridgehead atoms. The van der Waals surface area contributed by atoms with Crippen LogP contribution in [0.15, 0.2) is 58.3 Å². The lowest BCUT2D eigenvalue weighted by atomic mass is 10.1. The van der Waals surface area contributed by atoms with Gasteiger partial charge in [-0.3, -0.25) is 9.59 Å². The predicted molar refractivity (Wildman–Crippen MR) is 125 cm³/mol. The lowest BCUT2D eigenvalue weighted by molar-refractivity contribution is -0.116. The standard InChI is InChI=1S/C25H23FN4O3/c1-14-6-5-7-15(2)22(14)27-20(31)13-30-17(4)12-16(3)21(25(30)32)24-28-23(29-33-24)18-8-10-19(26)11-9-18/h5-12H,3,13H2,1-2,4H3,(H,27,31)(H,28,29). The average molecular weight is 446 g/mol. The number of hydrogen-bond acceptors (Lipinski definition) is 5. The van der Waals surface area contributed by atoms with E-state index < -0.39 is 5.56 Å². The zero-order valence-corrected chi connectivity index (χ0v) is 18.5. The van der Waals surface area contributed by atoms with E-state index in [0.717, 1.165) is 16.8 Å². The minimum atomic E-state index is -0.447. The first-order valence-electron chi connectivity index (χ1n) is 10.3. The number of nitrogens with zero attached hydrogens (tertiary/aromatic N) is 2. The molecule has 3 aromatic rings. The van der Waals surface area contributed by atoms with E-state index in [0.29, 0.717) is 22.3 Å². The number of rotatable bonds is 4. The van der Waals surface area contributed by atoms with Gasteiger partial charge < -0.3 is 14.7 Å². The SMILES string of the molecule is C=c1cc(C)n(CC(=O)Nc2c(C)cccc2C)c(=O)c1=C1N=C(c2ccc(F)cc2)NO1. The Bertz CT molecular complexity index is 1440. The fourth-order valence-electron chi connectivity index (χ4n) is 3.68. The molecule has 1 aromatic heterocycles. The van der Waals surface area contributed by atoms with Gasteiger partial charge in [0.15, 0.2) is 5.84 Å². The number of aryl methyl sites for hydroxylation is 3. The van der Waals surface area contributed by atoms with E-state index in [9.17, 15) is 14.0 Å². The maximum atomic E-state index is 13.3. The second kappa shape index (κ2) is 8.74. The highest BCUT2D eigenvalue weighted by molar-refractivity contribution is 6.01. The van der Waals surface area contributed by atoms with Gasteiger partial charge in [0.25, 0.3) is 11.4 Å². The van der Waals surface area contributed by atoms with Crippen LogP contribution in [0.25, 0.3) is 12.5 Å². The molecule has 33 heavy (non-hydrogen) atoms. The molecule has 0 saturated heterocycles. The van der Waals surface area contributed by atoms with E-state index in [-0.39, 0.29) is 29.4 Å². The van der Waals surface area contributed by atoms with Gasteiger partial charge in [-0.2, -0.15) is 4.99 Å². The van der Waals surface area contributed by atoms with Gasteiger partial charge in [0.2, 0.25) is 5.91 Å². The zero-order valence-electron chi connectivity index (χ0n) is 18.5. The number of hydroxylamine groups is 1. The minimum Gasteiger partial charge on any atom is -0.359 e. The summed E-state index contributed by atoms with van der Waals surface area (Å²) in [6, 6.07) is 13.1. The topological polar surface area (TPSA) is 84.7 Å². The molecule has 0 saturated carbocycles. The molecule has 8 heteroatoms. The van der Waals surface area contributed by atoms with Gasteiger partial charge in [-0.25, -0.2) is 9.87 Å². The summed E-state index contributed by atoms with van der Waals surface area (Å²) in [4.78, 5) is 35.9. The van der Waals surface area contributed by atoms with Crippen LogP contribution in [-0.4, -0.2) is 16.3 Å². The summed E-state index contributed by atoms with van der Waals surface area (Å²) in [6.07, 6.45) is 0. The first kappa shape index (κ1) is 22.0. The summed E-state index contributed by atoms with van der Waals surface area (Å²) in [5, 5.41) is 3.46. The zero-order chi connectivity index (χ0) is 23.7. The minimum absolute atomic E-state index is 0.0354. The third-order valence-corrected chi connectivity index (χ3v) is 5.43. The molecule has 0 atom stereocenters. The van der Waals surface area contributed by atoms with Crippen molar-refractivity contribution in [1.82, 2.24) is 10.0 Å². The van der Waals surface area contributed by atoms with Crippen LogP contribution >= 0.6 is 0 Å².